The normalized spacial score (nSPS) is 13.2. The summed E-state index contributed by atoms with van der Waals surface area (Å²) in [4.78, 5) is 15.2. The molecule has 2 N–H and O–H groups in total. The average molecular weight is 255 g/mol. The Morgan fingerprint density at radius 2 is 2.11 bits per heavy atom. The minimum Gasteiger partial charge on any atom is -0.482 e. The van der Waals surface area contributed by atoms with Gasteiger partial charge in [-0.2, -0.15) is 0 Å². The molecule has 0 fully saturated rings. The van der Waals surface area contributed by atoms with Gasteiger partial charge in [-0.3, -0.25) is 9.78 Å². The Balaban J connectivity index is 1.72. The van der Waals surface area contributed by atoms with Crippen LogP contribution >= 0.6 is 0 Å². The topological polar surface area (TPSA) is 63.2 Å². The van der Waals surface area contributed by atoms with Crippen molar-refractivity contribution in [3.8, 4) is 5.75 Å². The molecule has 0 radical (unpaired) electrons. The summed E-state index contributed by atoms with van der Waals surface area (Å²) >= 11 is 0. The fourth-order valence-electron chi connectivity index (χ4n) is 1.90. The van der Waals surface area contributed by atoms with E-state index in [9.17, 15) is 4.79 Å². The second-order valence-electron chi connectivity index (χ2n) is 4.26. The number of nitrogens with zero attached hydrogens (tertiary/aromatic N) is 1. The van der Waals surface area contributed by atoms with Crippen LogP contribution in [0.1, 0.15) is 5.56 Å². The van der Waals surface area contributed by atoms with E-state index in [0.29, 0.717) is 18.0 Å². The van der Waals surface area contributed by atoms with Crippen molar-refractivity contribution in [2.24, 2.45) is 0 Å². The number of ether oxygens (including phenoxy) is 1. The lowest BCUT2D eigenvalue weighted by Gasteiger charge is -2.18. The van der Waals surface area contributed by atoms with Gasteiger partial charge in [0.1, 0.15) is 5.75 Å². The Labute approximate surface area is 110 Å². The van der Waals surface area contributed by atoms with Crippen LogP contribution in [-0.4, -0.2) is 17.5 Å². The first-order valence-electron chi connectivity index (χ1n) is 6.01. The van der Waals surface area contributed by atoms with Crippen LogP contribution in [0.5, 0.6) is 5.75 Å². The molecule has 1 aliphatic heterocycles. The smallest absolute Gasteiger partial charge is 0.262 e. The number of nitrogens with one attached hydrogen (secondary N) is 2. The minimum absolute atomic E-state index is 0.0801. The standard InChI is InChI=1S/C14H13N3O2/c18-14-9-19-13-2-1-11(7-12(13)17-14)16-8-10-3-5-15-6-4-10/h1-7,16H,8-9H2,(H,17,18). The number of benzene rings is 1. The molecule has 0 saturated carbocycles. The van der Waals surface area contributed by atoms with E-state index in [-0.39, 0.29) is 12.5 Å². The Kier molecular flexibility index (Phi) is 3.02. The minimum atomic E-state index is -0.126. The summed E-state index contributed by atoms with van der Waals surface area (Å²) in [6.45, 7) is 0.785. The van der Waals surface area contributed by atoms with E-state index < -0.39 is 0 Å². The number of carbonyl (C=O) groups excluding carboxylic acids is 1. The maximum Gasteiger partial charge on any atom is 0.262 e. The number of anilines is 2. The van der Waals surface area contributed by atoms with Crippen LogP contribution in [0.15, 0.2) is 42.7 Å². The Morgan fingerprint density at radius 3 is 2.95 bits per heavy atom. The number of fused-ring (bicyclic) bond motifs is 1. The van der Waals surface area contributed by atoms with Crippen LogP contribution in [0, 0.1) is 0 Å². The third-order valence-electron chi connectivity index (χ3n) is 2.86. The quantitative estimate of drug-likeness (QED) is 0.880. The number of amides is 1. The van der Waals surface area contributed by atoms with E-state index in [1.54, 1.807) is 12.4 Å². The number of hydrogen-bond donors (Lipinski definition) is 2. The molecular formula is C14H13N3O2. The SMILES string of the molecule is O=C1COc2ccc(NCc3ccncc3)cc2N1. The van der Waals surface area contributed by atoms with Crippen LogP contribution in [0.2, 0.25) is 0 Å². The molecule has 5 heteroatoms. The highest BCUT2D eigenvalue weighted by molar-refractivity contribution is 5.96. The molecule has 1 amide bonds. The highest BCUT2D eigenvalue weighted by atomic mass is 16.5. The monoisotopic (exact) mass is 255 g/mol. The van der Waals surface area contributed by atoms with Crippen molar-refractivity contribution in [2.45, 2.75) is 6.54 Å². The Hall–Kier alpha value is -2.56. The van der Waals surface area contributed by atoms with Crippen molar-refractivity contribution in [2.75, 3.05) is 17.2 Å². The van der Waals surface area contributed by atoms with Gasteiger partial charge >= 0.3 is 0 Å². The average Bonchev–Trinajstić information content (AvgIpc) is 2.46. The summed E-state index contributed by atoms with van der Waals surface area (Å²) in [6, 6.07) is 9.56. The second kappa shape index (κ2) is 4.97. The largest absolute Gasteiger partial charge is 0.482 e. The van der Waals surface area contributed by atoms with Gasteiger partial charge in [0.05, 0.1) is 5.69 Å². The summed E-state index contributed by atoms with van der Waals surface area (Å²) in [5.41, 5.74) is 2.78. The summed E-state index contributed by atoms with van der Waals surface area (Å²) in [5, 5.41) is 6.08. The van der Waals surface area contributed by atoms with E-state index in [0.717, 1.165) is 11.3 Å². The van der Waals surface area contributed by atoms with E-state index in [1.807, 2.05) is 30.3 Å². The van der Waals surface area contributed by atoms with Gasteiger partial charge in [-0.05, 0) is 35.9 Å². The first kappa shape index (κ1) is 11.5. The van der Waals surface area contributed by atoms with Crippen molar-refractivity contribution in [3.63, 3.8) is 0 Å². The van der Waals surface area contributed by atoms with Gasteiger partial charge in [-0.15, -0.1) is 0 Å². The van der Waals surface area contributed by atoms with E-state index in [2.05, 4.69) is 15.6 Å². The lowest BCUT2D eigenvalue weighted by molar-refractivity contribution is -0.118. The zero-order chi connectivity index (χ0) is 13.1. The molecule has 0 aliphatic carbocycles. The van der Waals surface area contributed by atoms with Crippen molar-refractivity contribution in [3.05, 3.63) is 48.3 Å². The number of carbonyl (C=O) groups is 1. The van der Waals surface area contributed by atoms with Gasteiger partial charge in [0.25, 0.3) is 5.91 Å². The van der Waals surface area contributed by atoms with Gasteiger partial charge in [-0.25, -0.2) is 0 Å². The maximum absolute atomic E-state index is 11.3. The van der Waals surface area contributed by atoms with Gasteiger partial charge in [0.15, 0.2) is 6.61 Å². The summed E-state index contributed by atoms with van der Waals surface area (Å²) in [7, 11) is 0. The van der Waals surface area contributed by atoms with Gasteiger partial charge < -0.3 is 15.4 Å². The molecule has 2 aromatic rings. The molecule has 5 nitrogen and oxygen atoms in total. The van der Waals surface area contributed by atoms with Gasteiger partial charge in [0.2, 0.25) is 0 Å². The molecule has 19 heavy (non-hydrogen) atoms. The van der Waals surface area contributed by atoms with E-state index >= 15 is 0 Å². The maximum atomic E-state index is 11.3. The molecule has 1 aromatic heterocycles. The zero-order valence-corrected chi connectivity index (χ0v) is 10.2. The number of aromatic nitrogens is 1. The number of hydrogen-bond acceptors (Lipinski definition) is 4. The third-order valence-corrected chi connectivity index (χ3v) is 2.86. The Bertz CT molecular complexity index is 599. The fraction of sp³-hybridized carbons (Fsp3) is 0.143. The summed E-state index contributed by atoms with van der Waals surface area (Å²) < 4.78 is 5.31. The predicted molar refractivity (Wildman–Crippen MR) is 72.1 cm³/mol. The molecule has 3 rings (SSSR count). The second-order valence-corrected chi connectivity index (χ2v) is 4.26. The molecule has 1 aromatic carbocycles. The third kappa shape index (κ3) is 2.65. The van der Waals surface area contributed by atoms with Crippen LogP contribution in [0.25, 0.3) is 0 Å². The molecule has 2 heterocycles. The van der Waals surface area contributed by atoms with Crippen molar-refractivity contribution >= 4 is 17.3 Å². The number of pyridine rings is 1. The molecule has 1 aliphatic rings. The van der Waals surface area contributed by atoms with Crippen molar-refractivity contribution in [1.82, 2.24) is 4.98 Å². The van der Waals surface area contributed by atoms with E-state index in [1.165, 1.54) is 0 Å². The van der Waals surface area contributed by atoms with Crippen LogP contribution < -0.4 is 15.4 Å². The Morgan fingerprint density at radius 1 is 1.26 bits per heavy atom. The first-order chi connectivity index (χ1) is 9.31. The van der Waals surface area contributed by atoms with Crippen molar-refractivity contribution in [1.29, 1.82) is 0 Å². The molecule has 0 saturated heterocycles. The lowest BCUT2D eigenvalue weighted by Crippen LogP contribution is -2.25. The predicted octanol–water partition coefficient (Wildman–Crippen LogP) is 2.02. The highest BCUT2D eigenvalue weighted by Crippen LogP contribution is 2.30. The molecule has 96 valence electrons. The molecule has 0 atom stereocenters. The van der Waals surface area contributed by atoms with Gasteiger partial charge in [-0.1, -0.05) is 0 Å². The highest BCUT2D eigenvalue weighted by Gasteiger charge is 2.15. The summed E-state index contributed by atoms with van der Waals surface area (Å²) in [6.07, 6.45) is 3.52. The molecular weight excluding hydrogens is 242 g/mol. The molecule has 0 spiro atoms. The van der Waals surface area contributed by atoms with Gasteiger partial charge in [0, 0.05) is 24.6 Å². The zero-order valence-electron chi connectivity index (χ0n) is 10.2. The van der Waals surface area contributed by atoms with E-state index in [4.69, 9.17) is 4.74 Å². The first-order valence-corrected chi connectivity index (χ1v) is 6.01. The fourth-order valence-corrected chi connectivity index (χ4v) is 1.90. The lowest BCUT2D eigenvalue weighted by atomic mass is 10.2. The number of rotatable bonds is 3. The van der Waals surface area contributed by atoms with Crippen LogP contribution in [0.3, 0.4) is 0 Å². The van der Waals surface area contributed by atoms with Crippen LogP contribution in [-0.2, 0) is 11.3 Å². The molecule has 0 bridgehead atoms. The van der Waals surface area contributed by atoms with Crippen LogP contribution in [0.4, 0.5) is 11.4 Å². The molecule has 0 unspecified atom stereocenters. The van der Waals surface area contributed by atoms with Crippen molar-refractivity contribution < 1.29 is 9.53 Å². The summed E-state index contributed by atoms with van der Waals surface area (Å²) in [5.74, 6) is 0.577.